The number of likely N-dealkylation sites (N-methyl/N-ethyl adjacent to an activating group) is 1. The number of sulfone groups is 1. The number of amides is 1. The lowest BCUT2D eigenvalue weighted by molar-refractivity contribution is 0.0405. The number of rotatable bonds is 1. The fraction of sp³-hybridized carbons (Fsp3) is 0.562. The lowest BCUT2D eigenvalue weighted by Gasteiger charge is -2.42. The number of carbonyl (C=O) groups is 1. The Balaban J connectivity index is 1.71. The van der Waals surface area contributed by atoms with Gasteiger partial charge in [0.25, 0.3) is 5.91 Å². The quantitative estimate of drug-likeness (QED) is 0.703. The minimum atomic E-state index is -3.12. The van der Waals surface area contributed by atoms with Gasteiger partial charge in [0.15, 0.2) is 15.5 Å². The normalized spacial score (nSPS) is 26.1. The molecule has 0 radical (unpaired) electrons. The molecule has 0 aliphatic carbocycles. The number of aryl methyl sites for hydroxylation is 2. The zero-order chi connectivity index (χ0) is 17.9. The highest BCUT2D eigenvalue weighted by Gasteiger charge is 2.47. The fourth-order valence-electron chi connectivity index (χ4n) is 3.87. The van der Waals surface area contributed by atoms with Crippen LogP contribution in [0.1, 0.15) is 21.9 Å². The predicted molar refractivity (Wildman–Crippen MR) is 92.4 cm³/mol. The molecule has 9 heteroatoms. The SMILES string of the molecule is Cc1cc2nc(C(=O)N3CCN(C)[C@H]4CS(=O)(=O)C[C@H]43)cc(C)n2n1. The van der Waals surface area contributed by atoms with E-state index >= 15 is 0 Å². The van der Waals surface area contributed by atoms with Gasteiger partial charge >= 0.3 is 0 Å². The minimum Gasteiger partial charge on any atom is -0.330 e. The van der Waals surface area contributed by atoms with Crippen molar-refractivity contribution in [3.8, 4) is 0 Å². The molecule has 134 valence electrons. The lowest BCUT2D eigenvalue weighted by Crippen LogP contribution is -2.59. The molecular weight excluding hydrogens is 342 g/mol. The van der Waals surface area contributed by atoms with Gasteiger partial charge in [-0.15, -0.1) is 0 Å². The van der Waals surface area contributed by atoms with Crippen molar-refractivity contribution >= 4 is 21.4 Å². The molecule has 0 aromatic carbocycles. The molecule has 25 heavy (non-hydrogen) atoms. The molecule has 0 spiro atoms. The van der Waals surface area contributed by atoms with Crippen molar-refractivity contribution in [1.82, 2.24) is 24.4 Å². The maximum Gasteiger partial charge on any atom is 0.272 e. The molecule has 2 aliphatic rings. The average molecular weight is 363 g/mol. The van der Waals surface area contributed by atoms with E-state index in [4.69, 9.17) is 0 Å². The third kappa shape index (κ3) is 2.71. The first-order chi connectivity index (χ1) is 11.7. The molecule has 2 atom stereocenters. The van der Waals surface area contributed by atoms with Crippen LogP contribution < -0.4 is 0 Å². The van der Waals surface area contributed by atoms with Crippen molar-refractivity contribution < 1.29 is 13.2 Å². The molecule has 8 nitrogen and oxygen atoms in total. The number of carbonyl (C=O) groups excluding carboxylic acids is 1. The van der Waals surface area contributed by atoms with Crippen molar-refractivity contribution in [2.24, 2.45) is 0 Å². The number of aromatic nitrogens is 3. The summed E-state index contributed by atoms with van der Waals surface area (Å²) in [6.07, 6.45) is 0. The van der Waals surface area contributed by atoms with E-state index in [1.165, 1.54) is 0 Å². The van der Waals surface area contributed by atoms with E-state index < -0.39 is 9.84 Å². The monoisotopic (exact) mass is 363 g/mol. The molecule has 2 aromatic rings. The maximum absolute atomic E-state index is 13.1. The molecule has 0 N–H and O–H groups in total. The second-order valence-electron chi connectivity index (χ2n) is 7.03. The molecule has 0 bridgehead atoms. The van der Waals surface area contributed by atoms with E-state index in [-0.39, 0.29) is 29.5 Å². The van der Waals surface area contributed by atoms with Crippen LogP contribution in [0, 0.1) is 13.8 Å². The van der Waals surface area contributed by atoms with Gasteiger partial charge in [-0.25, -0.2) is 17.9 Å². The number of hydrogen-bond acceptors (Lipinski definition) is 6. The zero-order valence-corrected chi connectivity index (χ0v) is 15.3. The number of hydrogen-bond donors (Lipinski definition) is 0. The smallest absolute Gasteiger partial charge is 0.272 e. The third-order valence-corrected chi connectivity index (χ3v) is 6.86. The van der Waals surface area contributed by atoms with E-state index in [2.05, 4.69) is 10.1 Å². The van der Waals surface area contributed by atoms with E-state index in [1.807, 2.05) is 31.9 Å². The first-order valence-corrected chi connectivity index (χ1v) is 10.1. The molecule has 2 aromatic heterocycles. The maximum atomic E-state index is 13.1. The van der Waals surface area contributed by atoms with Crippen LogP contribution in [0.4, 0.5) is 0 Å². The van der Waals surface area contributed by atoms with Crippen LogP contribution in [0.2, 0.25) is 0 Å². The Kier molecular flexibility index (Phi) is 3.62. The molecule has 4 rings (SSSR count). The molecule has 2 aliphatic heterocycles. The number of nitrogens with zero attached hydrogens (tertiary/aromatic N) is 5. The van der Waals surface area contributed by atoms with Crippen molar-refractivity contribution in [3.63, 3.8) is 0 Å². The Labute approximate surface area is 146 Å². The summed E-state index contributed by atoms with van der Waals surface area (Å²) in [6, 6.07) is 3.11. The standard InChI is InChI=1S/C16H21N5O3S/c1-10-6-15-17-12(7-11(2)21(15)18-10)16(22)20-5-4-19(3)13-8-25(23,24)9-14(13)20/h6-7,13-14H,4-5,8-9H2,1-3H3/t13-,14+/m0/s1. The summed E-state index contributed by atoms with van der Waals surface area (Å²) in [4.78, 5) is 21.3. The molecule has 0 saturated carbocycles. The van der Waals surface area contributed by atoms with Crippen LogP contribution in [0.5, 0.6) is 0 Å². The highest BCUT2D eigenvalue weighted by molar-refractivity contribution is 7.91. The highest BCUT2D eigenvalue weighted by Crippen LogP contribution is 2.27. The van der Waals surface area contributed by atoms with Gasteiger partial charge in [0.05, 0.1) is 23.2 Å². The molecule has 2 saturated heterocycles. The van der Waals surface area contributed by atoms with Crippen LogP contribution in [0.3, 0.4) is 0 Å². The van der Waals surface area contributed by atoms with Crippen LogP contribution in [0.25, 0.3) is 5.65 Å². The van der Waals surface area contributed by atoms with E-state index in [9.17, 15) is 13.2 Å². The van der Waals surface area contributed by atoms with Crippen LogP contribution >= 0.6 is 0 Å². The van der Waals surface area contributed by atoms with Gasteiger partial charge in [-0.1, -0.05) is 0 Å². The van der Waals surface area contributed by atoms with Crippen molar-refractivity contribution in [2.45, 2.75) is 25.9 Å². The Morgan fingerprint density at radius 2 is 1.88 bits per heavy atom. The second-order valence-corrected chi connectivity index (χ2v) is 9.18. The summed E-state index contributed by atoms with van der Waals surface area (Å²) in [7, 11) is -1.20. The van der Waals surface area contributed by atoms with Gasteiger partial charge < -0.3 is 4.90 Å². The Morgan fingerprint density at radius 3 is 2.64 bits per heavy atom. The zero-order valence-electron chi connectivity index (χ0n) is 14.5. The highest BCUT2D eigenvalue weighted by atomic mass is 32.2. The van der Waals surface area contributed by atoms with Crippen LogP contribution in [-0.2, 0) is 9.84 Å². The van der Waals surface area contributed by atoms with E-state index in [0.29, 0.717) is 24.4 Å². The van der Waals surface area contributed by atoms with Gasteiger partial charge in [-0.2, -0.15) is 5.10 Å². The van der Waals surface area contributed by atoms with Gasteiger partial charge in [-0.3, -0.25) is 9.69 Å². The van der Waals surface area contributed by atoms with E-state index in [0.717, 1.165) is 11.4 Å². The summed E-state index contributed by atoms with van der Waals surface area (Å²) in [5.74, 6) is -0.0592. The summed E-state index contributed by atoms with van der Waals surface area (Å²) in [6.45, 7) is 4.93. The third-order valence-electron chi connectivity index (χ3n) is 5.16. The summed E-state index contributed by atoms with van der Waals surface area (Å²) >= 11 is 0. The van der Waals surface area contributed by atoms with E-state index in [1.54, 1.807) is 15.5 Å². The lowest BCUT2D eigenvalue weighted by atomic mass is 10.0. The summed E-state index contributed by atoms with van der Waals surface area (Å²) in [5, 5.41) is 4.35. The first kappa shape index (κ1) is 16.5. The van der Waals surface area contributed by atoms with Crippen LogP contribution in [-0.4, -0.2) is 82.4 Å². The largest absolute Gasteiger partial charge is 0.330 e. The average Bonchev–Trinajstić information content (AvgIpc) is 3.06. The Bertz CT molecular complexity index is 968. The van der Waals surface area contributed by atoms with Gasteiger partial charge in [0.1, 0.15) is 5.69 Å². The van der Waals surface area contributed by atoms with Crippen LogP contribution in [0.15, 0.2) is 12.1 Å². The van der Waals surface area contributed by atoms with Crippen molar-refractivity contribution in [3.05, 3.63) is 29.2 Å². The topological polar surface area (TPSA) is 87.9 Å². The summed E-state index contributed by atoms with van der Waals surface area (Å²) < 4.78 is 25.9. The first-order valence-electron chi connectivity index (χ1n) is 8.31. The molecule has 4 heterocycles. The van der Waals surface area contributed by atoms with Gasteiger partial charge in [0.2, 0.25) is 0 Å². The van der Waals surface area contributed by atoms with Crippen molar-refractivity contribution in [2.75, 3.05) is 31.6 Å². The predicted octanol–water partition coefficient (Wildman–Crippen LogP) is -0.101. The Morgan fingerprint density at radius 1 is 1.16 bits per heavy atom. The Hall–Kier alpha value is -2.00. The minimum absolute atomic E-state index is 0.0285. The number of piperazine rings is 1. The fourth-order valence-corrected chi connectivity index (χ4v) is 5.93. The van der Waals surface area contributed by atoms with Gasteiger partial charge in [0, 0.05) is 30.9 Å². The van der Waals surface area contributed by atoms with Gasteiger partial charge in [-0.05, 0) is 27.0 Å². The second kappa shape index (κ2) is 5.50. The molecule has 2 fully saturated rings. The van der Waals surface area contributed by atoms with Crippen molar-refractivity contribution in [1.29, 1.82) is 0 Å². The molecule has 1 amide bonds. The molecular formula is C16H21N5O3S. The number of fused-ring (bicyclic) bond motifs is 2. The molecule has 0 unspecified atom stereocenters. The summed E-state index contributed by atoms with van der Waals surface area (Å²) in [5.41, 5.74) is 2.64.